The van der Waals surface area contributed by atoms with Gasteiger partial charge in [0.05, 0.1) is 11.9 Å². The standard InChI is InChI=1S/C11H18ClN3O/c1-5-15-11(16)10(12)9(6-13-15)14-8(4)7(2)3/h6-8,14H,5H2,1-4H3. The Hall–Kier alpha value is -1.03. The number of aromatic nitrogens is 2. The Morgan fingerprint density at radius 3 is 2.62 bits per heavy atom. The lowest BCUT2D eigenvalue weighted by Crippen LogP contribution is -2.27. The van der Waals surface area contributed by atoms with Crippen molar-refractivity contribution in [1.29, 1.82) is 0 Å². The van der Waals surface area contributed by atoms with Crippen molar-refractivity contribution >= 4 is 17.3 Å². The molecule has 5 heteroatoms. The second kappa shape index (κ2) is 5.34. The van der Waals surface area contributed by atoms with Crippen LogP contribution in [0.25, 0.3) is 0 Å². The highest BCUT2D eigenvalue weighted by Crippen LogP contribution is 2.18. The van der Waals surface area contributed by atoms with Crippen molar-refractivity contribution in [3.05, 3.63) is 21.6 Å². The molecule has 0 spiro atoms. The molecule has 0 aliphatic carbocycles. The Morgan fingerprint density at radius 2 is 2.12 bits per heavy atom. The van der Waals surface area contributed by atoms with Crippen LogP contribution in [-0.4, -0.2) is 15.8 Å². The average Bonchev–Trinajstić information content (AvgIpc) is 2.25. The van der Waals surface area contributed by atoms with E-state index in [1.807, 2.05) is 13.8 Å². The number of nitrogens with one attached hydrogen (secondary N) is 1. The van der Waals surface area contributed by atoms with E-state index in [1.54, 1.807) is 6.20 Å². The molecule has 1 N–H and O–H groups in total. The maximum absolute atomic E-state index is 11.7. The van der Waals surface area contributed by atoms with E-state index in [4.69, 9.17) is 11.6 Å². The summed E-state index contributed by atoms with van der Waals surface area (Å²) < 4.78 is 1.34. The van der Waals surface area contributed by atoms with E-state index in [-0.39, 0.29) is 16.6 Å². The van der Waals surface area contributed by atoms with Crippen LogP contribution in [0.15, 0.2) is 11.0 Å². The zero-order chi connectivity index (χ0) is 12.3. The molecule has 0 radical (unpaired) electrons. The van der Waals surface area contributed by atoms with Gasteiger partial charge < -0.3 is 5.32 Å². The van der Waals surface area contributed by atoms with Gasteiger partial charge in [-0.2, -0.15) is 5.10 Å². The molecule has 1 heterocycles. The first-order valence-corrected chi connectivity index (χ1v) is 5.87. The fourth-order valence-electron chi connectivity index (χ4n) is 1.20. The number of anilines is 1. The zero-order valence-electron chi connectivity index (χ0n) is 10.1. The lowest BCUT2D eigenvalue weighted by Gasteiger charge is -2.19. The van der Waals surface area contributed by atoms with Crippen molar-refractivity contribution in [3.63, 3.8) is 0 Å². The summed E-state index contributed by atoms with van der Waals surface area (Å²) in [5, 5.41) is 7.43. The summed E-state index contributed by atoms with van der Waals surface area (Å²) in [4.78, 5) is 11.7. The Kier molecular flexibility index (Phi) is 4.35. The molecule has 1 atom stereocenters. The predicted molar refractivity (Wildman–Crippen MR) is 67.1 cm³/mol. The molecule has 0 saturated heterocycles. The predicted octanol–water partition coefficient (Wildman–Crippen LogP) is 2.37. The van der Waals surface area contributed by atoms with E-state index >= 15 is 0 Å². The minimum atomic E-state index is -0.245. The van der Waals surface area contributed by atoms with Crippen molar-refractivity contribution in [2.45, 2.75) is 40.3 Å². The van der Waals surface area contributed by atoms with Crippen LogP contribution in [0.4, 0.5) is 5.69 Å². The van der Waals surface area contributed by atoms with Crippen molar-refractivity contribution in [2.75, 3.05) is 5.32 Å². The van der Waals surface area contributed by atoms with Crippen LogP contribution in [0.5, 0.6) is 0 Å². The Labute approximate surface area is 101 Å². The molecular formula is C11H18ClN3O. The Bertz CT molecular complexity index is 414. The van der Waals surface area contributed by atoms with Crippen LogP contribution in [-0.2, 0) is 6.54 Å². The van der Waals surface area contributed by atoms with Gasteiger partial charge in [-0.15, -0.1) is 0 Å². The van der Waals surface area contributed by atoms with Gasteiger partial charge in [0.15, 0.2) is 0 Å². The fourth-order valence-corrected chi connectivity index (χ4v) is 1.40. The van der Waals surface area contributed by atoms with Crippen LogP contribution < -0.4 is 10.9 Å². The molecule has 90 valence electrons. The van der Waals surface area contributed by atoms with Crippen LogP contribution in [0, 0.1) is 5.92 Å². The van der Waals surface area contributed by atoms with E-state index in [0.717, 1.165) is 0 Å². The first-order chi connectivity index (χ1) is 7.47. The van der Waals surface area contributed by atoms with Gasteiger partial charge in [0.1, 0.15) is 5.02 Å². The number of hydrogen-bond acceptors (Lipinski definition) is 3. The maximum atomic E-state index is 11.7. The van der Waals surface area contributed by atoms with Gasteiger partial charge in [0.25, 0.3) is 5.56 Å². The molecule has 0 fully saturated rings. The summed E-state index contributed by atoms with van der Waals surface area (Å²) in [6, 6.07) is 0.246. The van der Waals surface area contributed by atoms with E-state index in [0.29, 0.717) is 18.2 Å². The molecule has 1 rings (SSSR count). The summed E-state index contributed by atoms with van der Waals surface area (Å²) >= 11 is 5.99. The van der Waals surface area contributed by atoms with E-state index in [2.05, 4.69) is 24.3 Å². The molecule has 1 aromatic heterocycles. The number of hydrogen-bond donors (Lipinski definition) is 1. The monoisotopic (exact) mass is 243 g/mol. The van der Waals surface area contributed by atoms with Gasteiger partial charge in [-0.1, -0.05) is 25.4 Å². The maximum Gasteiger partial charge on any atom is 0.287 e. The van der Waals surface area contributed by atoms with Gasteiger partial charge in [-0.05, 0) is 19.8 Å². The third-order valence-electron chi connectivity index (χ3n) is 2.67. The highest BCUT2D eigenvalue weighted by Gasteiger charge is 2.12. The molecular weight excluding hydrogens is 226 g/mol. The second-order valence-corrected chi connectivity index (χ2v) is 4.55. The van der Waals surface area contributed by atoms with Gasteiger partial charge >= 0.3 is 0 Å². The van der Waals surface area contributed by atoms with Crippen molar-refractivity contribution in [1.82, 2.24) is 9.78 Å². The summed E-state index contributed by atoms with van der Waals surface area (Å²) in [5.41, 5.74) is 0.364. The lowest BCUT2D eigenvalue weighted by atomic mass is 10.1. The summed E-state index contributed by atoms with van der Waals surface area (Å²) in [5.74, 6) is 0.463. The zero-order valence-corrected chi connectivity index (χ0v) is 10.9. The third kappa shape index (κ3) is 2.76. The molecule has 4 nitrogen and oxygen atoms in total. The summed E-state index contributed by atoms with van der Waals surface area (Å²) in [7, 11) is 0. The smallest absolute Gasteiger partial charge is 0.287 e. The van der Waals surface area contributed by atoms with Gasteiger partial charge in [0.2, 0.25) is 0 Å². The van der Waals surface area contributed by atoms with Gasteiger partial charge in [0, 0.05) is 12.6 Å². The lowest BCUT2D eigenvalue weighted by molar-refractivity contribution is 0.557. The van der Waals surface area contributed by atoms with Crippen LogP contribution in [0.3, 0.4) is 0 Å². The first kappa shape index (κ1) is 13.0. The number of halogens is 1. The number of aryl methyl sites for hydroxylation is 1. The highest BCUT2D eigenvalue weighted by molar-refractivity contribution is 6.32. The molecule has 0 saturated carbocycles. The molecule has 0 aromatic carbocycles. The van der Waals surface area contributed by atoms with Crippen LogP contribution >= 0.6 is 11.6 Å². The minimum Gasteiger partial charge on any atom is -0.380 e. The first-order valence-electron chi connectivity index (χ1n) is 5.49. The molecule has 16 heavy (non-hydrogen) atoms. The van der Waals surface area contributed by atoms with Crippen LogP contribution in [0.2, 0.25) is 5.02 Å². The van der Waals surface area contributed by atoms with Crippen LogP contribution in [0.1, 0.15) is 27.7 Å². The normalized spacial score (nSPS) is 12.9. The third-order valence-corrected chi connectivity index (χ3v) is 3.03. The van der Waals surface area contributed by atoms with E-state index < -0.39 is 0 Å². The summed E-state index contributed by atoms with van der Waals surface area (Å²) in [6.07, 6.45) is 1.60. The molecule has 1 unspecified atom stereocenters. The van der Waals surface area contributed by atoms with E-state index in [9.17, 15) is 4.79 Å². The average molecular weight is 244 g/mol. The fraction of sp³-hybridized carbons (Fsp3) is 0.636. The molecule has 0 amide bonds. The number of rotatable bonds is 4. The van der Waals surface area contributed by atoms with E-state index in [1.165, 1.54) is 4.68 Å². The molecule has 1 aromatic rings. The van der Waals surface area contributed by atoms with Gasteiger partial charge in [-0.3, -0.25) is 4.79 Å². The molecule has 0 aliphatic heterocycles. The highest BCUT2D eigenvalue weighted by atomic mass is 35.5. The Balaban J connectivity index is 2.99. The molecule has 0 bridgehead atoms. The van der Waals surface area contributed by atoms with Crippen molar-refractivity contribution in [2.24, 2.45) is 5.92 Å². The number of nitrogens with zero attached hydrogens (tertiary/aromatic N) is 2. The van der Waals surface area contributed by atoms with Crippen molar-refractivity contribution < 1.29 is 0 Å². The van der Waals surface area contributed by atoms with Gasteiger partial charge in [-0.25, -0.2) is 4.68 Å². The topological polar surface area (TPSA) is 46.9 Å². The SMILES string of the molecule is CCn1ncc(NC(C)C(C)C)c(Cl)c1=O. The Morgan fingerprint density at radius 1 is 1.50 bits per heavy atom. The van der Waals surface area contributed by atoms with Crippen molar-refractivity contribution in [3.8, 4) is 0 Å². The molecule has 0 aliphatic rings. The minimum absolute atomic E-state index is 0.212. The second-order valence-electron chi connectivity index (χ2n) is 4.17. The largest absolute Gasteiger partial charge is 0.380 e. The quantitative estimate of drug-likeness (QED) is 0.883. The summed E-state index contributed by atoms with van der Waals surface area (Å²) in [6.45, 7) is 8.64.